The van der Waals surface area contributed by atoms with E-state index in [0.717, 1.165) is 71.5 Å². The van der Waals surface area contributed by atoms with Crippen molar-refractivity contribution >= 4 is 35.2 Å². The molecule has 0 aliphatic heterocycles. The summed E-state index contributed by atoms with van der Waals surface area (Å²) in [5.74, 6) is -0.334. The first-order valence-corrected chi connectivity index (χ1v) is 24.2. The summed E-state index contributed by atoms with van der Waals surface area (Å²) in [7, 11) is 0. The van der Waals surface area contributed by atoms with Gasteiger partial charge in [-0.05, 0) is 129 Å². The zero-order chi connectivity index (χ0) is 47.8. The number of amides is 6. The molecule has 4 rings (SSSR count). The summed E-state index contributed by atoms with van der Waals surface area (Å²) in [5.41, 5.74) is 3.59. The van der Waals surface area contributed by atoms with Gasteiger partial charge in [-0.3, -0.25) is 0 Å². The molecule has 0 unspecified atom stereocenters. The third kappa shape index (κ3) is 18.0. The topological polar surface area (TPSA) is 189 Å². The van der Waals surface area contributed by atoms with E-state index >= 15 is 0 Å². The number of aryl methyl sites for hydroxylation is 3. The van der Waals surface area contributed by atoms with E-state index in [4.69, 9.17) is 0 Å². The monoisotopic (exact) mass is 910 g/mol. The summed E-state index contributed by atoms with van der Waals surface area (Å²) in [6.45, 7) is 13.2. The van der Waals surface area contributed by atoms with Crippen LogP contribution in [0.1, 0.15) is 116 Å². The van der Waals surface area contributed by atoms with Crippen LogP contribution >= 0.6 is 0 Å². The van der Waals surface area contributed by atoms with Crippen LogP contribution in [-0.2, 0) is 38.9 Å². The quantitative estimate of drug-likeness (QED) is 0.0347. The largest absolute Gasteiger partial charge is 0.338 e. The highest BCUT2D eigenvalue weighted by Gasteiger charge is 2.19. The molecule has 0 aliphatic rings. The Balaban J connectivity index is 1.38. The van der Waals surface area contributed by atoms with E-state index in [9.17, 15) is 28.8 Å². The van der Waals surface area contributed by atoms with E-state index in [0.29, 0.717) is 56.0 Å². The number of benzene rings is 3. The molecular weight excluding hydrogens is 835 g/mol. The number of aromatic nitrogens is 3. The molecule has 0 aliphatic carbocycles. The molecule has 15 heteroatoms. The average molecular weight is 910 g/mol. The lowest BCUT2D eigenvalue weighted by molar-refractivity contribution is 0.249. The van der Waals surface area contributed by atoms with Crippen molar-refractivity contribution in [2.75, 3.05) is 35.6 Å². The Bertz CT molecular complexity index is 2000. The predicted octanol–water partition coefficient (Wildman–Crippen LogP) is 8.74. The number of nitrogens with one attached hydrogen (secondary N) is 6. The molecule has 4 aromatic rings. The molecule has 3 atom stereocenters. The van der Waals surface area contributed by atoms with Gasteiger partial charge >= 0.3 is 35.2 Å². The molecule has 0 saturated heterocycles. The van der Waals surface area contributed by atoms with Gasteiger partial charge in [-0.15, -0.1) is 0 Å². The molecule has 0 bridgehead atoms. The van der Waals surface area contributed by atoms with E-state index in [2.05, 4.69) is 52.7 Å². The van der Waals surface area contributed by atoms with Crippen LogP contribution in [0.4, 0.5) is 31.4 Å². The Hall–Kier alpha value is -6.12. The second kappa shape index (κ2) is 28.0. The zero-order valence-electron chi connectivity index (χ0n) is 40.2. The zero-order valence-corrected chi connectivity index (χ0v) is 40.2. The fourth-order valence-corrected chi connectivity index (χ4v) is 7.34. The van der Waals surface area contributed by atoms with E-state index in [-0.39, 0.29) is 55.5 Å². The fourth-order valence-electron chi connectivity index (χ4n) is 7.34. The van der Waals surface area contributed by atoms with Crippen molar-refractivity contribution in [1.29, 1.82) is 0 Å². The lowest BCUT2D eigenvalue weighted by Gasteiger charge is -2.19. The maximum atomic E-state index is 13.9. The second-order valence-corrected chi connectivity index (χ2v) is 17.9. The number of carbonyl (C=O) groups excluding carboxylic acids is 3. The van der Waals surface area contributed by atoms with Crippen LogP contribution in [0.25, 0.3) is 0 Å². The molecule has 0 saturated carbocycles. The van der Waals surface area contributed by atoms with Gasteiger partial charge in [0.2, 0.25) is 0 Å². The Morgan fingerprint density at radius 3 is 0.894 bits per heavy atom. The van der Waals surface area contributed by atoms with Crippen LogP contribution in [0.15, 0.2) is 87.2 Å². The third-order valence-electron chi connectivity index (χ3n) is 11.8. The van der Waals surface area contributed by atoms with Gasteiger partial charge in [-0.2, -0.15) is 0 Å². The van der Waals surface area contributed by atoms with Crippen LogP contribution in [0.3, 0.4) is 0 Å². The molecule has 0 radical (unpaired) electrons. The molecule has 6 N–H and O–H groups in total. The Morgan fingerprint density at radius 2 is 0.667 bits per heavy atom. The molecular formula is C51H75N9O6. The minimum Gasteiger partial charge on any atom is -0.338 e. The van der Waals surface area contributed by atoms with Crippen molar-refractivity contribution in [1.82, 2.24) is 29.7 Å². The molecule has 3 aromatic carbocycles. The standard InChI is InChI=1S/C51H75N9O6/c1-7-10-13-40-16-22-43(23-17-40)55-46(61)52-34-37(4)28-31-58-49(64)59(32-29-38(5)35-53-47(62)56-44-24-18-41(19-25-44)14-11-8-2)51(66)60(50(58)65)33-30-39(6)36-54-48(63)57-45-26-20-42(21-27-45)15-12-9-3/h16-27,37-39H,7-15,28-36H2,1-6H3,(H2,52,55,61)(H2,53,56,62)(H2,54,57,63)/t37-,38-,39-/m0/s1. The van der Waals surface area contributed by atoms with Crippen LogP contribution in [0, 0.1) is 17.8 Å². The van der Waals surface area contributed by atoms with Gasteiger partial charge in [-0.1, -0.05) is 97.2 Å². The van der Waals surface area contributed by atoms with Gasteiger partial charge in [0.25, 0.3) is 0 Å². The van der Waals surface area contributed by atoms with Crippen molar-refractivity contribution in [2.45, 2.75) is 138 Å². The van der Waals surface area contributed by atoms with Gasteiger partial charge in [0.15, 0.2) is 0 Å². The number of anilines is 3. The first kappa shape index (κ1) is 52.5. The number of nitrogens with zero attached hydrogens (tertiary/aromatic N) is 3. The Labute approximate surface area is 390 Å². The summed E-state index contributed by atoms with van der Waals surface area (Å²) >= 11 is 0. The number of urea groups is 3. The number of hydrogen-bond donors (Lipinski definition) is 6. The summed E-state index contributed by atoms with van der Waals surface area (Å²) in [5, 5.41) is 17.2. The maximum Gasteiger partial charge on any atom is 0.336 e. The highest BCUT2D eigenvalue weighted by molar-refractivity contribution is 5.90. The molecule has 6 amide bonds. The van der Waals surface area contributed by atoms with E-state index in [1.165, 1.54) is 16.7 Å². The van der Waals surface area contributed by atoms with Crippen LogP contribution in [0.5, 0.6) is 0 Å². The molecule has 1 heterocycles. The van der Waals surface area contributed by atoms with E-state index < -0.39 is 17.1 Å². The first-order valence-electron chi connectivity index (χ1n) is 24.2. The summed E-state index contributed by atoms with van der Waals surface area (Å²) in [6.07, 6.45) is 10.8. The number of rotatable bonds is 27. The normalized spacial score (nSPS) is 12.5. The van der Waals surface area contributed by atoms with Gasteiger partial charge in [0, 0.05) is 56.3 Å². The lowest BCUT2D eigenvalue weighted by atomic mass is 10.1. The van der Waals surface area contributed by atoms with Crippen LogP contribution < -0.4 is 49.0 Å². The molecule has 1 aromatic heterocycles. The van der Waals surface area contributed by atoms with Gasteiger partial charge in [0.05, 0.1) is 0 Å². The minimum atomic E-state index is -0.702. The average Bonchev–Trinajstić information content (AvgIpc) is 3.31. The van der Waals surface area contributed by atoms with Crippen LogP contribution in [0.2, 0.25) is 0 Å². The highest BCUT2D eigenvalue weighted by Crippen LogP contribution is 2.15. The predicted molar refractivity (Wildman–Crippen MR) is 267 cm³/mol. The Kier molecular flexibility index (Phi) is 22.3. The first-order chi connectivity index (χ1) is 31.8. The van der Waals surface area contributed by atoms with Crippen molar-refractivity contribution in [3.63, 3.8) is 0 Å². The van der Waals surface area contributed by atoms with Crippen molar-refractivity contribution in [2.24, 2.45) is 17.8 Å². The maximum absolute atomic E-state index is 13.9. The second-order valence-electron chi connectivity index (χ2n) is 17.9. The van der Waals surface area contributed by atoms with Gasteiger partial charge < -0.3 is 31.9 Å². The van der Waals surface area contributed by atoms with E-state index in [1.807, 2.05) is 93.6 Å². The number of carbonyl (C=O) groups is 3. The molecule has 0 fully saturated rings. The third-order valence-corrected chi connectivity index (χ3v) is 11.8. The lowest BCUT2D eigenvalue weighted by Crippen LogP contribution is -2.55. The summed E-state index contributed by atoms with van der Waals surface area (Å²) in [4.78, 5) is 79.9. The molecule has 66 heavy (non-hydrogen) atoms. The summed E-state index contributed by atoms with van der Waals surface area (Å²) < 4.78 is 3.31. The molecule has 0 spiro atoms. The van der Waals surface area contributed by atoms with Gasteiger partial charge in [-0.25, -0.2) is 42.5 Å². The fraction of sp³-hybridized carbons (Fsp3) is 0.529. The smallest absolute Gasteiger partial charge is 0.336 e. The minimum absolute atomic E-state index is 0.0371. The van der Waals surface area contributed by atoms with Gasteiger partial charge in [0.1, 0.15) is 0 Å². The number of hydrogen-bond acceptors (Lipinski definition) is 6. The van der Waals surface area contributed by atoms with E-state index in [1.54, 1.807) is 0 Å². The molecule has 15 nitrogen and oxygen atoms in total. The van der Waals surface area contributed by atoms with Crippen molar-refractivity contribution < 1.29 is 14.4 Å². The summed E-state index contributed by atoms with van der Waals surface area (Å²) in [6, 6.07) is 22.3. The molecule has 360 valence electrons. The SMILES string of the molecule is CCCCc1ccc(NC(=O)NC[C@@H](C)CCn2c(=O)n(CC[C@H](C)CNC(=O)Nc3ccc(CCCC)cc3)c(=O)n(CC[C@H](C)CNC(=O)Nc3ccc(CCCC)cc3)c2=O)cc1. The van der Waals surface area contributed by atoms with Crippen molar-refractivity contribution in [3.05, 3.63) is 121 Å². The van der Waals surface area contributed by atoms with Crippen molar-refractivity contribution in [3.8, 4) is 0 Å². The Morgan fingerprint density at radius 1 is 0.424 bits per heavy atom. The number of unbranched alkanes of at least 4 members (excludes halogenated alkanes) is 3. The highest BCUT2D eigenvalue weighted by atomic mass is 16.2. The van der Waals surface area contributed by atoms with Crippen LogP contribution in [-0.4, -0.2) is 51.4 Å².